The van der Waals surface area contributed by atoms with Gasteiger partial charge < -0.3 is 5.32 Å². The van der Waals surface area contributed by atoms with Gasteiger partial charge in [-0.05, 0) is 12.8 Å². The molecule has 0 radical (unpaired) electrons. The predicted octanol–water partition coefficient (Wildman–Crippen LogP) is 0.965. The Morgan fingerprint density at radius 2 is 1.64 bits per heavy atom. The van der Waals surface area contributed by atoms with Crippen LogP contribution in [0.15, 0.2) is 0 Å². The van der Waals surface area contributed by atoms with Crippen LogP contribution in [0.4, 0.5) is 0 Å². The van der Waals surface area contributed by atoms with Crippen molar-refractivity contribution in [1.82, 2.24) is 5.32 Å². The molecule has 1 heterocycles. The summed E-state index contributed by atoms with van der Waals surface area (Å²) in [6.45, 7) is 1.88. The molecule has 2 atom stereocenters. The van der Waals surface area contributed by atoms with Crippen LogP contribution in [0.1, 0.15) is 25.7 Å². The van der Waals surface area contributed by atoms with E-state index in [-0.39, 0.29) is 0 Å². The number of ketones is 1. The fraction of sp³-hybridized carbons (Fsp3) is 0.889. The summed E-state index contributed by atoms with van der Waals surface area (Å²) < 4.78 is 0. The summed E-state index contributed by atoms with van der Waals surface area (Å²) in [6.07, 6.45) is 4.77. The number of carbonyl (C=O) groups is 1. The number of fused-ring (bicyclic) bond motifs is 2. The molecule has 2 fully saturated rings. The lowest BCUT2D eigenvalue weighted by Gasteiger charge is -2.25. The lowest BCUT2D eigenvalue weighted by molar-refractivity contribution is -0.127. The van der Waals surface area contributed by atoms with Crippen molar-refractivity contribution in [3.63, 3.8) is 0 Å². The van der Waals surface area contributed by atoms with Crippen molar-refractivity contribution >= 4 is 5.78 Å². The minimum Gasteiger partial charge on any atom is -0.315 e. The summed E-state index contributed by atoms with van der Waals surface area (Å²) in [5, 5.41) is 3.34. The molecule has 0 spiro atoms. The van der Waals surface area contributed by atoms with Gasteiger partial charge in [-0.15, -0.1) is 0 Å². The monoisotopic (exact) mass is 153 g/mol. The number of hydrogen-bond donors (Lipinski definition) is 1. The molecule has 1 saturated heterocycles. The Hall–Kier alpha value is -0.370. The van der Waals surface area contributed by atoms with Crippen molar-refractivity contribution in [2.24, 2.45) is 11.8 Å². The first-order valence-electron chi connectivity index (χ1n) is 4.62. The Morgan fingerprint density at radius 1 is 1.09 bits per heavy atom. The second-order valence-corrected chi connectivity index (χ2v) is 3.74. The maximum Gasteiger partial charge on any atom is 0.141 e. The van der Waals surface area contributed by atoms with E-state index in [0.29, 0.717) is 17.6 Å². The minimum atomic E-state index is 0.358. The van der Waals surface area contributed by atoms with Crippen LogP contribution in [0.5, 0.6) is 0 Å². The molecule has 2 aliphatic rings. The number of nitrogens with one attached hydrogen (secondary N) is 1. The maximum atomic E-state index is 11.6. The molecule has 1 saturated carbocycles. The third kappa shape index (κ3) is 1.32. The Morgan fingerprint density at radius 3 is 2.18 bits per heavy atom. The van der Waals surface area contributed by atoms with Crippen molar-refractivity contribution in [3.05, 3.63) is 0 Å². The number of hydrogen-bond acceptors (Lipinski definition) is 2. The summed E-state index contributed by atoms with van der Waals surface area (Å²) in [5.74, 6) is 1.26. The zero-order valence-corrected chi connectivity index (χ0v) is 6.81. The lowest BCUT2D eigenvalue weighted by atomic mass is 9.88. The van der Waals surface area contributed by atoms with Crippen molar-refractivity contribution in [2.45, 2.75) is 25.7 Å². The topological polar surface area (TPSA) is 29.1 Å². The highest BCUT2D eigenvalue weighted by Gasteiger charge is 2.32. The zero-order chi connectivity index (χ0) is 7.68. The maximum absolute atomic E-state index is 11.6. The van der Waals surface area contributed by atoms with Crippen LogP contribution in [0.25, 0.3) is 0 Å². The van der Waals surface area contributed by atoms with Gasteiger partial charge in [0.2, 0.25) is 0 Å². The van der Waals surface area contributed by atoms with Gasteiger partial charge in [0.25, 0.3) is 0 Å². The molecule has 2 unspecified atom stereocenters. The highest BCUT2D eigenvalue weighted by Crippen LogP contribution is 2.26. The second-order valence-electron chi connectivity index (χ2n) is 3.74. The summed E-state index contributed by atoms with van der Waals surface area (Å²) in [7, 11) is 0. The molecule has 0 aromatic heterocycles. The minimum absolute atomic E-state index is 0.358. The van der Waals surface area contributed by atoms with E-state index in [0.717, 1.165) is 25.9 Å². The first-order chi connectivity index (χ1) is 5.38. The van der Waals surface area contributed by atoms with Crippen LogP contribution in [-0.2, 0) is 4.79 Å². The summed E-state index contributed by atoms with van der Waals surface area (Å²) in [6, 6.07) is 0. The smallest absolute Gasteiger partial charge is 0.141 e. The van der Waals surface area contributed by atoms with E-state index >= 15 is 0 Å². The molecule has 1 aliphatic carbocycles. The summed E-state index contributed by atoms with van der Waals surface area (Å²) in [4.78, 5) is 11.6. The highest BCUT2D eigenvalue weighted by atomic mass is 16.1. The van der Waals surface area contributed by atoms with E-state index in [1.165, 1.54) is 12.8 Å². The first-order valence-corrected chi connectivity index (χ1v) is 4.62. The van der Waals surface area contributed by atoms with Crippen molar-refractivity contribution in [1.29, 1.82) is 0 Å². The number of carbonyl (C=O) groups excluding carboxylic acids is 1. The molecule has 0 aromatic carbocycles. The third-order valence-corrected chi connectivity index (χ3v) is 2.94. The van der Waals surface area contributed by atoms with E-state index in [9.17, 15) is 4.79 Å². The van der Waals surface area contributed by atoms with Gasteiger partial charge in [-0.2, -0.15) is 0 Å². The number of piperidine rings is 1. The van der Waals surface area contributed by atoms with E-state index < -0.39 is 0 Å². The first kappa shape index (κ1) is 7.29. The summed E-state index contributed by atoms with van der Waals surface area (Å²) >= 11 is 0. The van der Waals surface area contributed by atoms with E-state index in [4.69, 9.17) is 0 Å². The molecule has 2 nitrogen and oxygen atoms in total. The van der Waals surface area contributed by atoms with Crippen LogP contribution in [0.3, 0.4) is 0 Å². The fourth-order valence-electron chi connectivity index (χ4n) is 2.24. The van der Waals surface area contributed by atoms with Gasteiger partial charge in [-0.25, -0.2) is 0 Å². The molecule has 2 bridgehead atoms. The Balaban J connectivity index is 2.12. The Labute approximate surface area is 67.4 Å². The van der Waals surface area contributed by atoms with Crippen LogP contribution in [0, 0.1) is 11.8 Å². The molecule has 2 rings (SSSR count). The van der Waals surface area contributed by atoms with Crippen molar-refractivity contribution in [2.75, 3.05) is 13.1 Å². The standard InChI is InChI=1S/C9H15NO/c11-9-7-3-1-2-4-8(9)6-10-5-7/h7-8,10H,1-6H2. The molecule has 62 valence electrons. The van der Waals surface area contributed by atoms with E-state index in [2.05, 4.69) is 5.32 Å². The average Bonchev–Trinajstić information content (AvgIpc) is 2.17. The van der Waals surface area contributed by atoms with Crippen LogP contribution in [-0.4, -0.2) is 18.9 Å². The molecule has 0 aromatic rings. The fourth-order valence-corrected chi connectivity index (χ4v) is 2.24. The average molecular weight is 153 g/mol. The third-order valence-electron chi connectivity index (χ3n) is 2.94. The molecule has 11 heavy (non-hydrogen) atoms. The number of Topliss-reactive ketones (excluding diaryl/α,β-unsaturated/α-hetero) is 1. The van der Waals surface area contributed by atoms with Crippen molar-refractivity contribution in [3.8, 4) is 0 Å². The quantitative estimate of drug-likeness (QED) is 0.561. The predicted molar refractivity (Wildman–Crippen MR) is 43.3 cm³/mol. The van der Waals surface area contributed by atoms with Crippen molar-refractivity contribution < 1.29 is 4.79 Å². The lowest BCUT2D eigenvalue weighted by Crippen LogP contribution is -2.42. The van der Waals surface area contributed by atoms with Crippen LogP contribution in [0.2, 0.25) is 0 Å². The SMILES string of the molecule is O=C1C2CCCCC1CNC2. The molecule has 0 amide bonds. The number of rotatable bonds is 0. The van der Waals surface area contributed by atoms with Gasteiger partial charge >= 0.3 is 0 Å². The van der Waals surface area contributed by atoms with Gasteiger partial charge in [-0.1, -0.05) is 12.8 Å². The second kappa shape index (κ2) is 2.94. The Kier molecular flexibility index (Phi) is 1.95. The summed E-state index contributed by atoms with van der Waals surface area (Å²) in [5.41, 5.74) is 0. The van der Waals surface area contributed by atoms with Gasteiger partial charge in [0.1, 0.15) is 5.78 Å². The molecule has 1 N–H and O–H groups in total. The van der Waals surface area contributed by atoms with Crippen LogP contribution < -0.4 is 5.32 Å². The van der Waals surface area contributed by atoms with Gasteiger partial charge in [0, 0.05) is 24.9 Å². The van der Waals surface area contributed by atoms with E-state index in [1.54, 1.807) is 0 Å². The molecule has 1 aliphatic heterocycles. The van der Waals surface area contributed by atoms with Crippen LogP contribution >= 0.6 is 0 Å². The van der Waals surface area contributed by atoms with Gasteiger partial charge in [0.05, 0.1) is 0 Å². The van der Waals surface area contributed by atoms with E-state index in [1.807, 2.05) is 0 Å². The molecular weight excluding hydrogens is 138 g/mol. The highest BCUT2D eigenvalue weighted by molar-refractivity contribution is 5.84. The largest absolute Gasteiger partial charge is 0.315 e. The van der Waals surface area contributed by atoms with Gasteiger partial charge in [0.15, 0.2) is 0 Å². The van der Waals surface area contributed by atoms with Gasteiger partial charge in [-0.3, -0.25) is 4.79 Å². The molecular formula is C9H15NO. The zero-order valence-electron chi connectivity index (χ0n) is 6.81. The Bertz CT molecular complexity index is 151. The normalized spacial score (nSPS) is 38.4. The molecule has 2 heteroatoms.